The molecule has 1 aliphatic rings. The molecule has 2 aromatic heterocycles. The number of fused-ring (bicyclic) bond motifs is 1. The number of piperazine rings is 1. The number of aromatic nitrogens is 2. The van der Waals surface area contributed by atoms with Crippen molar-refractivity contribution in [3.8, 4) is 0 Å². The molecule has 1 fully saturated rings. The molecule has 3 rings (SSSR count). The number of pyridine rings is 1. The van der Waals surface area contributed by atoms with Gasteiger partial charge in [0.2, 0.25) is 0 Å². The number of hydrogen-bond donors (Lipinski definition) is 0. The van der Waals surface area contributed by atoms with Crippen LogP contribution in [-0.4, -0.2) is 66.8 Å². The van der Waals surface area contributed by atoms with Crippen LogP contribution in [0.3, 0.4) is 0 Å². The minimum Gasteiger partial charge on any atom is -0.361 e. The van der Waals surface area contributed by atoms with Crippen LogP contribution in [0, 0.1) is 0 Å². The monoisotopic (exact) mass is 468 g/mol. The molecule has 0 bridgehead atoms. The standard InChI is InChI=1S/C20H33BrN4O2Si/c1-22-6-8-24(9-7-22)13-16-12-17-19(18(21)14-23(2)20(17)26)25(16)15-27-10-11-28(3,4)5/h12,14H,6-11,13,15H2,1-5H3. The van der Waals surface area contributed by atoms with Crippen LogP contribution in [-0.2, 0) is 25.1 Å². The van der Waals surface area contributed by atoms with Crippen LogP contribution in [0.4, 0.5) is 0 Å². The minimum atomic E-state index is -1.13. The first kappa shape index (κ1) is 21.8. The number of ether oxygens (including phenoxy) is 1. The summed E-state index contributed by atoms with van der Waals surface area (Å²) in [5, 5.41) is 0.759. The van der Waals surface area contributed by atoms with Gasteiger partial charge in [-0.1, -0.05) is 19.6 Å². The molecule has 28 heavy (non-hydrogen) atoms. The Hall–Kier alpha value is -0.933. The first-order valence-electron chi connectivity index (χ1n) is 10.0. The fraction of sp³-hybridized carbons (Fsp3) is 0.650. The van der Waals surface area contributed by atoms with Crippen molar-refractivity contribution in [1.82, 2.24) is 18.9 Å². The number of nitrogens with zero attached hydrogens (tertiary/aromatic N) is 4. The Balaban J connectivity index is 1.88. The van der Waals surface area contributed by atoms with E-state index in [1.807, 2.05) is 6.20 Å². The molecular formula is C20H33BrN4O2Si. The maximum Gasteiger partial charge on any atom is 0.259 e. The second-order valence-corrected chi connectivity index (χ2v) is 15.6. The van der Waals surface area contributed by atoms with Crippen LogP contribution in [0.15, 0.2) is 21.5 Å². The predicted octanol–water partition coefficient (Wildman–Crippen LogP) is 3.16. The van der Waals surface area contributed by atoms with E-state index >= 15 is 0 Å². The van der Waals surface area contributed by atoms with E-state index in [1.165, 1.54) is 0 Å². The number of aryl methyl sites for hydroxylation is 1. The second kappa shape index (κ2) is 8.83. The van der Waals surface area contributed by atoms with Gasteiger partial charge in [-0.05, 0) is 35.1 Å². The Morgan fingerprint density at radius 1 is 1.14 bits per heavy atom. The Morgan fingerprint density at radius 2 is 1.82 bits per heavy atom. The maximum atomic E-state index is 12.7. The highest BCUT2D eigenvalue weighted by atomic mass is 79.9. The molecule has 6 nitrogen and oxygen atoms in total. The van der Waals surface area contributed by atoms with E-state index in [0.29, 0.717) is 6.73 Å². The summed E-state index contributed by atoms with van der Waals surface area (Å²) < 4.78 is 10.8. The average molecular weight is 470 g/mol. The Morgan fingerprint density at radius 3 is 2.46 bits per heavy atom. The third kappa shape index (κ3) is 5.16. The molecule has 3 heterocycles. The van der Waals surface area contributed by atoms with Crippen molar-refractivity contribution in [3.63, 3.8) is 0 Å². The molecule has 0 spiro atoms. The summed E-state index contributed by atoms with van der Waals surface area (Å²) in [7, 11) is 2.84. The zero-order valence-corrected chi connectivity index (χ0v) is 20.4. The summed E-state index contributed by atoms with van der Waals surface area (Å²) in [5.41, 5.74) is 2.13. The van der Waals surface area contributed by atoms with Gasteiger partial charge >= 0.3 is 0 Å². The van der Waals surface area contributed by atoms with Crippen LogP contribution in [0.1, 0.15) is 5.69 Å². The minimum absolute atomic E-state index is 0.0404. The summed E-state index contributed by atoms with van der Waals surface area (Å²) in [5.74, 6) is 0. The van der Waals surface area contributed by atoms with Crippen LogP contribution in [0.25, 0.3) is 10.9 Å². The molecule has 156 valence electrons. The van der Waals surface area contributed by atoms with Gasteiger partial charge in [-0.25, -0.2) is 0 Å². The number of hydrogen-bond acceptors (Lipinski definition) is 4. The highest BCUT2D eigenvalue weighted by Gasteiger charge is 2.20. The lowest BCUT2D eigenvalue weighted by molar-refractivity contribution is 0.0842. The fourth-order valence-corrected chi connectivity index (χ4v) is 5.04. The van der Waals surface area contributed by atoms with Gasteiger partial charge in [0, 0.05) is 66.3 Å². The van der Waals surface area contributed by atoms with E-state index in [-0.39, 0.29) is 5.56 Å². The molecule has 0 aromatic carbocycles. The molecule has 0 unspecified atom stereocenters. The summed E-state index contributed by atoms with van der Waals surface area (Å²) in [6.45, 7) is 13.4. The van der Waals surface area contributed by atoms with Gasteiger partial charge in [-0.3, -0.25) is 9.69 Å². The molecule has 0 N–H and O–H groups in total. The third-order valence-corrected chi connectivity index (χ3v) is 7.75. The first-order chi connectivity index (χ1) is 13.2. The maximum absolute atomic E-state index is 12.7. The quantitative estimate of drug-likeness (QED) is 0.462. The molecule has 0 aliphatic carbocycles. The Kier molecular flexibility index (Phi) is 6.87. The zero-order valence-electron chi connectivity index (χ0n) is 17.8. The van der Waals surface area contributed by atoms with Crippen LogP contribution >= 0.6 is 15.9 Å². The molecule has 0 radical (unpaired) electrons. The molecule has 0 saturated carbocycles. The number of likely N-dealkylation sites (N-methyl/N-ethyl adjacent to an activating group) is 1. The van der Waals surface area contributed by atoms with E-state index < -0.39 is 8.07 Å². The molecule has 0 amide bonds. The van der Waals surface area contributed by atoms with Crippen molar-refractivity contribution in [1.29, 1.82) is 0 Å². The molecule has 0 atom stereocenters. The predicted molar refractivity (Wildman–Crippen MR) is 122 cm³/mol. The van der Waals surface area contributed by atoms with E-state index in [4.69, 9.17) is 4.74 Å². The van der Waals surface area contributed by atoms with E-state index in [0.717, 1.165) is 66.4 Å². The van der Waals surface area contributed by atoms with Gasteiger partial charge < -0.3 is 18.8 Å². The van der Waals surface area contributed by atoms with Crippen molar-refractivity contribution >= 4 is 34.9 Å². The van der Waals surface area contributed by atoms with Gasteiger partial charge in [0.25, 0.3) is 5.56 Å². The van der Waals surface area contributed by atoms with Crippen molar-refractivity contribution in [2.24, 2.45) is 7.05 Å². The summed E-state index contributed by atoms with van der Waals surface area (Å²) in [6, 6.07) is 3.20. The third-order valence-electron chi connectivity index (χ3n) is 5.46. The molecular weight excluding hydrogens is 436 g/mol. The lowest BCUT2D eigenvalue weighted by atomic mass is 10.3. The average Bonchev–Trinajstić information content (AvgIpc) is 2.97. The Labute approximate surface area is 177 Å². The van der Waals surface area contributed by atoms with Crippen molar-refractivity contribution in [3.05, 3.63) is 32.8 Å². The topological polar surface area (TPSA) is 42.6 Å². The van der Waals surface area contributed by atoms with Gasteiger partial charge in [0.15, 0.2) is 0 Å². The van der Waals surface area contributed by atoms with Crippen molar-refractivity contribution in [2.75, 3.05) is 39.8 Å². The molecule has 8 heteroatoms. The van der Waals surface area contributed by atoms with Gasteiger partial charge in [0.05, 0.1) is 15.4 Å². The van der Waals surface area contributed by atoms with Crippen molar-refractivity contribution < 1.29 is 4.74 Å². The lowest BCUT2D eigenvalue weighted by Gasteiger charge is -2.32. The van der Waals surface area contributed by atoms with Crippen LogP contribution in [0.2, 0.25) is 25.7 Å². The van der Waals surface area contributed by atoms with E-state index in [1.54, 1.807) is 11.6 Å². The smallest absolute Gasteiger partial charge is 0.259 e. The summed E-state index contributed by atoms with van der Waals surface area (Å²) >= 11 is 3.67. The van der Waals surface area contributed by atoms with Gasteiger partial charge in [-0.2, -0.15) is 0 Å². The largest absolute Gasteiger partial charge is 0.361 e. The number of halogens is 1. The molecule has 1 aliphatic heterocycles. The van der Waals surface area contributed by atoms with Gasteiger partial charge in [-0.15, -0.1) is 0 Å². The summed E-state index contributed by atoms with van der Waals surface area (Å²) in [6.07, 6.45) is 1.85. The summed E-state index contributed by atoms with van der Waals surface area (Å²) in [4.78, 5) is 17.5. The van der Waals surface area contributed by atoms with Crippen molar-refractivity contribution in [2.45, 2.75) is 39.0 Å². The fourth-order valence-electron chi connectivity index (χ4n) is 3.55. The van der Waals surface area contributed by atoms with Gasteiger partial charge in [0.1, 0.15) is 6.73 Å². The van der Waals surface area contributed by atoms with E-state index in [2.05, 4.69) is 63.1 Å². The second-order valence-electron chi connectivity index (χ2n) is 9.15. The first-order valence-corrected chi connectivity index (χ1v) is 14.5. The molecule has 2 aromatic rings. The lowest BCUT2D eigenvalue weighted by Crippen LogP contribution is -2.44. The zero-order chi connectivity index (χ0) is 20.5. The SMILES string of the molecule is CN1CCN(Cc2cc3c(=O)n(C)cc(Br)c3n2COCC[Si](C)(C)C)CC1. The highest BCUT2D eigenvalue weighted by Crippen LogP contribution is 2.26. The van der Waals surface area contributed by atoms with E-state index in [9.17, 15) is 4.79 Å². The van der Waals surface area contributed by atoms with Crippen LogP contribution in [0.5, 0.6) is 0 Å². The molecule has 1 saturated heterocycles. The normalized spacial score (nSPS) is 16.9. The van der Waals surface area contributed by atoms with Crippen LogP contribution < -0.4 is 5.56 Å². The number of rotatable bonds is 7. The highest BCUT2D eigenvalue weighted by molar-refractivity contribution is 9.10. The Bertz CT molecular complexity index is 879.